The topological polar surface area (TPSA) is 78.5 Å². The van der Waals surface area contributed by atoms with Crippen molar-refractivity contribution in [2.75, 3.05) is 18.5 Å². The predicted molar refractivity (Wildman–Crippen MR) is 68.2 cm³/mol. The van der Waals surface area contributed by atoms with Crippen molar-refractivity contribution in [1.29, 1.82) is 0 Å². The van der Waals surface area contributed by atoms with Gasteiger partial charge in [0.1, 0.15) is 0 Å². The number of anilines is 1. The van der Waals surface area contributed by atoms with Gasteiger partial charge in [0.15, 0.2) is 5.82 Å². The zero-order valence-electron chi connectivity index (χ0n) is 9.50. The SMILES string of the molecule is CC(CO)(CO)Nc1ccc(CN)c(Br)c1F. The molecular weight excluding hydrogens is 291 g/mol. The Morgan fingerprint density at radius 3 is 2.47 bits per heavy atom. The van der Waals surface area contributed by atoms with E-state index in [1.54, 1.807) is 13.0 Å². The highest BCUT2D eigenvalue weighted by atomic mass is 79.9. The summed E-state index contributed by atoms with van der Waals surface area (Å²) < 4.78 is 14.2. The summed E-state index contributed by atoms with van der Waals surface area (Å²) in [6.45, 7) is 1.21. The van der Waals surface area contributed by atoms with Gasteiger partial charge in [0.2, 0.25) is 0 Å². The van der Waals surface area contributed by atoms with Crippen molar-refractivity contribution in [2.24, 2.45) is 5.73 Å². The number of rotatable bonds is 5. The molecule has 0 saturated carbocycles. The minimum Gasteiger partial charge on any atom is -0.394 e. The molecule has 1 rings (SSSR count). The summed E-state index contributed by atoms with van der Waals surface area (Å²) in [4.78, 5) is 0. The third-order valence-corrected chi connectivity index (χ3v) is 3.37. The van der Waals surface area contributed by atoms with E-state index in [4.69, 9.17) is 15.9 Å². The summed E-state index contributed by atoms with van der Waals surface area (Å²) in [6.07, 6.45) is 0. The number of halogens is 2. The number of nitrogens with two attached hydrogens (primary N) is 1. The molecule has 0 bridgehead atoms. The highest BCUT2D eigenvalue weighted by Gasteiger charge is 2.24. The second-order valence-corrected chi connectivity index (χ2v) is 4.90. The van der Waals surface area contributed by atoms with Crippen LogP contribution in [0.25, 0.3) is 0 Å². The Hall–Kier alpha value is -0.690. The minimum absolute atomic E-state index is 0.208. The highest BCUT2D eigenvalue weighted by molar-refractivity contribution is 9.10. The molecule has 0 amide bonds. The van der Waals surface area contributed by atoms with Gasteiger partial charge in [-0.15, -0.1) is 0 Å². The fourth-order valence-electron chi connectivity index (χ4n) is 1.30. The Bertz CT molecular complexity index is 397. The van der Waals surface area contributed by atoms with Gasteiger partial charge >= 0.3 is 0 Å². The van der Waals surface area contributed by atoms with Crippen molar-refractivity contribution in [3.63, 3.8) is 0 Å². The van der Waals surface area contributed by atoms with E-state index in [9.17, 15) is 4.39 Å². The Morgan fingerprint density at radius 1 is 1.41 bits per heavy atom. The fraction of sp³-hybridized carbons (Fsp3) is 0.455. The van der Waals surface area contributed by atoms with Crippen LogP contribution in [0.3, 0.4) is 0 Å². The van der Waals surface area contributed by atoms with Crippen LogP contribution in [0.1, 0.15) is 12.5 Å². The molecule has 96 valence electrons. The maximum Gasteiger partial charge on any atom is 0.160 e. The van der Waals surface area contributed by atoms with Crippen LogP contribution in [-0.2, 0) is 6.54 Å². The van der Waals surface area contributed by atoms with Crippen molar-refractivity contribution in [1.82, 2.24) is 0 Å². The van der Waals surface area contributed by atoms with Gasteiger partial charge in [0.05, 0.1) is 28.9 Å². The van der Waals surface area contributed by atoms with Gasteiger partial charge in [-0.2, -0.15) is 0 Å². The molecule has 0 spiro atoms. The molecule has 5 N–H and O–H groups in total. The Balaban J connectivity index is 3.04. The zero-order valence-corrected chi connectivity index (χ0v) is 11.1. The molecule has 0 unspecified atom stereocenters. The van der Waals surface area contributed by atoms with E-state index in [0.717, 1.165) is 0 Å². The molecule has 6 heteroatoms. The van der Waals surface area contributed by atoms with Crippen molar-refractivity contribution in [2.45, 2.75) is 19.0 Å². The smallest absolute Gasteiger partial charge is 0.160 e. The zero-order chi connectivity index (χ0) is 13.1. The van der Waals surface area contributed by atoms with Gasteiger partial charge in [-0.05, 0) is 34.5 Å². The lowest BCUT2D eigenvalue weighted by Gasteiger charge is -2.28. The van der Waals surface area contributed by atoms with Crippen LogP contribution in [0.15, 0.2) is 16.6 Å². The van der Waals surface area contributed by atoms with E-state index in [1.165, 1.54) is 6.07 Å². The van der Waals surface area contributed by atoms with Gasteiger partial charge in [0, 0.05) is 6.54 Å². The Labute approximate surface area is 108 Å². The average Bonchev–Trinajstić information content (AvgIpc) is 2.35. The van der Waals surface area contributed by atoms with E-state index in [1.807, 2.05) is 0 Å². The number of nitrogens with one attached hydrogen (secondary N) is 1. The van der Waals surface area contributed by atoms with Crippen molar-refractivity contribution >= 4 is 21.6 Å². The molecule has 0 radical (unpaired) electrons. The van der Waals surface area contributed by atoms with Gasteiger partial charge in [-0.25, -0.2) is 4.39 Å². The molecule has 0 aromatic heterocycles. The van der Waals surface area contributed by atoms with Crippen molar-refractivity contribution in [3.05, 3.63) is 28.0 Å². The normalized spacial score (nSPS) is 11.6. The van der Waals surface area contributed by atoms with E-state index < -0.39 is 11.4 Å². The van der Waals surface area contributed by atoms with E-state index >= 15 is 0 Å². The average molecular weight is 307 g/mol. The van der Waals surface area contributed by atoms with Crippen molar-refractivity contribution in [3.8, 4) is 0 Å². The van der Waals surface area contributed by atoms with Crippen LogP contribution in [-0.4, -0.2) is 29.0 Å². The molecule has 0 fully saturated rings. The molecule has 0 aliphatic carbocycles. The lowest BCUT2D eigenvalue weighted by molar-refractivity contribution is 0.147. The first-order valence-electron chi connectivity index (χ1n) is 5.14. The second-order valence-electron chi connectivity index (χ2n) is 4.11. The second kappa shape index (κ2) is 5.77. The summed E-state index contributed by atoms with van der Waals surface area (Å²) in [7, 11) is 0. The van der Waals surface area contributed by atoms with E-state index in [-0.39, 0.29) is 25.4 Å². The maximum absolute atomic E-state index is 13.9. The number of aliphatic hydroxyl groups excluding tert-OH is 2. The molecule has 17 heavy (non-hydrogen) atoms. The lowest BCUT2D eigenvalue weighted by atomic mass is 10.0. The molecule has 0 heterocycles. The third-order valence-electron chi connectivity index (χ3n) is 2.52. The first-order chi connectivity index (χ1) is 7.97. The summed E-state index contributed by atoms with van der Waals surface area (Å²) in [5.41, 5.74) is 5.35. The predicted octanol–water partition coefficient (Wildman–Crippen LogP) is 1.20. The third kappa shape index (κ3) is 3.16. The quantitative estimate of drug-likeness (QED) is 0.659. The fourth-order valence-corrected chi connectivity index (χ4v) is 1.81. The number of benzene rings is 1. The van der Waals surface area contributed by atoms with Gasteiger partial charge < -0.3 is 21.3 Å². The van der Waals surface area contributed by atoms with Gasteiger partial charge in [-0.3, -0.25) is 0 Å². The number of hydrogen-bond acceptors (Lipinski definition) is 4. The van der Waals surface area contributed by atoms with Crippen LogP contribution in [0.5, 0.6) is 0 Å². The molecule has 0 aliphatic rings. The van der Waals surface area contributed by atoms with Crippen LogP contribution in [0.2, 0.25) is 0 Å². The molecule has 4 nitrogen and oxygen atoms in total. The molecule has 0 atom stereocenters. The summed E-state index contributed by atoms with van der Waals surface area (Å²) in [5.74, 6) is -0.485. The first kappa shape index (κ1) is 14.4. The first-order valence-corrected chi connectivity index (χ1v) is 5.93. The van der Waals surface area contributed by atoms with E-state index in [0.29, 0.717) is 10.0 Å². The van der Waals surface area contributed by atoms with Crippen molar-refractivity contribution < 1.29 is 14.6 Å². The lowest BCUT2D eigenvalue weighted by Crippen LogP contribution is -2.42. The maximum atomic E-state index is 13.9. The minimum atomic E-state index is -0.968. The van der Waals surface area contributed by atoms with Crippen LogP contribution < -0.4 is 11.1 Å². The molecule has 0 aliphatic heterocycles. The van der Waals surface area contributed by atoms with Gasteiger partial charge in [0.25, 0.3) is 0 Å². The Morgan fingerprint density at radius 2 is 2.00 bits per heavy atom. The van der Waals surface area contributed by atoms with Crippen LogP contribution in [0.4, 0.5) is 10.1 Å². The number of aliphatic hydroxyl groups is 2. The van der Waals surface area contributed by atoms with Crippen LogP contribution >= 0.6 is 15.9 Å². The summed E-state index contributed by atoms with van der Waals surface area (Å²) in [6, 6.07) is 3.22. The molecule has 1 aromatic rings. The van der Waals surface area contributed by atoms with Crippen LogP contribution in [0, 0.1) is 5.82 Å². The summed E-state index contributed by atoms with van der Waals surface area (Å²) >= 11 is 3.12. The standard InChI is InChI=1S/C11H16BrFN2O2/c1-11(5-16,6-17)15-8-3-2-7(4-14)9(12)10(8)13/h2-3,15-17H,4-6,14H2,1H3. The summed E-state index contributed by atoms with van der Waals surface area (Å²) in [5, 5.41) is 21.0. The highest BCUT2D eigenvalue weighted by Crippen LogP contribution is 2.28. The largest absolute Gasteiger partial charge is 0.394 e. The van der Waals surface area contributed by atoms with Gasteiger partial charge in [-0.1, -0.05) is 6.07 Å². The monoisotopic (exact) mass is 306 g/mol. The molecule has 0 saturated heterocycles. The molecular formula is C11H16BrFN2O2. The van der Waals surface area contributed by atoms with E-state index in [2.05, 4.69) is 21.2 Å². The molecule has 1 aromatic carbocycles. The number of hydrogen-bond donors (Lipinski definition) is 4. The Kier molecular flexibility index (Phi) is 4.88.